The molecule has 0 spiro atoms. The first-order chi connectivity index (χ1) is 12.2. The number of aromatic nitrogens is 2. The Labute approximate surface area is 148 Å². The Morgan fingerprint density at radius 2 is 2.00 bits per heavy atom. The lowest BCUT2D eigenvalue weighted by atomic mass is 9.85. The zero-order valence-corrected chi connectivity index (χ0v) is 14.7. The number of carbonyl (C=O) groups excluding carboxylic acids is 1. The third kappa shape index (κ3) is 4.56. The molecule has 1 aliphatic rings. The summed E-state index contributed by atoms with van der Waals surface area (Å²) in [7, 11) is 0. The highest BCUT2D eigenvalue weighted by Gasteiger charge is 2.14. The maximum absolute atomic E-state index is 12.3. The van der Waals surface area contributed by atoms with Gasteiger partial charge < -0.3 is 9.88 Å². The summed E-state index contributed by atoms with van der Waals surface area (Å²) in [6.07, 6.45) is 11.2. The maximum atomic E-state index is 12.3. The van der Waals surface area contributed by atoms with Crippen LogP contribution in [0.2, 0.25) is 0 Å². The first kappa shape index (κ1) is 17.4. The van der Waals surface area contributed by atoms with Crippen molar-refractivity contribution in [2.45, 2.75) is 52.0 Å². The Morgan fingerprint density at radius 3 is 2.68 bits per heavy atom. The molecule has 1 amide bonds. The molecule has 2 aromatic rings. The maximum Gasteiger partial charge on any atom is 0.258 e. The van der Waals surface area contributed by atoms with Crippen molar-refractivity contribution in [3.63, 3.8) is 0 Å². The molecule has 1 N–H and O–H groups in total. The topological polar surface area (TPSA) is 64.0 Å². The quantitative estimate of drug-likeness (QED) is 0.904. The first-order valence-electron chi connectivity index (χ1n) is 9.12. The lowest BCUT2D eigenvalue weighted by molar-refractivity contribution is 0.102. The molecule has 5 heteroatoms. The Hall–Kier alpha value is -2.43. The van der Waals surface area contributed by atoms with Crippen LogP contribution in [0.5, 0.6) is 0 Å². The third-order valence-electron chi connectivity index (χ3n) is 4.90. The van der Waals surface area contributed by atoms with E-state index in [1.165, 1.54) is 48.3 Å². The molecule has 1 aliphatic carbocycles. The number of amides is 1. The molecule has 25 heavy (non-hydrogen) atoms. The summed E-state index contributed by atoms with van der Waals surface area (Å²) in [5.41, 5.74) is 1.57. The molecule has 0 unspecified atom stereocenters. The molecule has 0 bridgehead atoms. The van der Waals surface area contributed by atoms with Crippen LogP contribution in [-0.2, 0) is 13.0 Å². The second-order valence-corrected chi connectivity index (χ2v) is 6.76. The summed E-state index contributed by atoms with van der Waals surface area (Å²) in [5.74, 6) is 1.05. The fourth-order valence-corrected chi connectivity index (χ4v) is 3.45. The van der Waals surface area contributed by atoms with Gasteiger partial charge in [0.2, 0.25) is 0 Å². The van der Waals surface area contributed by atoms with Crippen molar-refractivity contribution in [3.05, 3.63) is 58.1 Å². The van der Waals surface area contributed by atoms with Crippen LogP contribution >= 0.6 is 0 Å². The number of rotatable bonds is 5. The van der Waals surface area contributed by atoms with E-state index in [1.807, 2.05) is 25.3 Å². The number of hydrogen-bond donors (Lipinski definition) is 1. The van der Waals surface area contributed by atoms with Gasteiger partial charge in [0.05, 0.1) is 5.56 Å². The van der Waals surface area contributed by atoms with Crippen LogP contribution in [0.25, 0.3) is 0 Å². The number of hydrogen-bond acceptors (Lipinski definition) is 3. The van der Waals surface area contributed by atoms with E-state index in [4.69, 9.17) is 0 Å². The number of anilines is 1. The molecule has 2 heterocycles. The van der Waals surface area contributed by atoms with Crippen LogP contribution in [0, 0.1) is 5.92 Å². The van der Waals surface area contributed by atoms with Gasteiger partial charge in [-0.15, -0.1) is 0 Å². The van der Waals surface area contributed by atoms with E-state index in [0.29, 0.717) is 17.9 Å². The Balaban J connectivity index is 1.62. The number of carbonyl (C=O) groups is 1. The molecule has 0 radical (unpaired) electrons. The largest absolute Gasteiger partial charge is 0.315 e. The van der Waals surface area contributed by atoms with Crippen LogP contribution in [-0.4, -0.2) is 15.5 Å². The van der Waals surface area contributed by atoms with Crippen molar-refractivity contribution >= 4 is 11.7 Å². The average molecular weight is 339 g/mol. The van der Waals surface area contributed by atoms with E-state index in [1.54, 1.807) is 12.3 Å². The zero-order chi connectivity index (χ0) is 17.6. The van der Waals surface area contributed by atoms with Crippen molar-refractivity contribution < 1.29 is 4.79 Å². The molecule has 132 valence electrons. The van der Waals surface area contributed by atoms with Gasteiger partial charge in [-0.2, -0.15) is 0 Å². The fourth-order valence-electron chi connectivity index (χ4n) is 3.45. The van der Waals surface area contributed by atoms with Crippen LogP contribution in [0.15, 0.2) is 41.5 Å². The van der Waals surface area contributed by atoms with Crippen molar-refractivity contribution in [2.75, 3.05) is 5.32 Å². The van der Waals surface area contributed by atoms with Gasteiger partial charge in [0.25, 0.3) is 11.5 Å². The lowest BCUT2D eigenvalue weighted by Gasteiger charge is -2.21. The van der Waals surface area contributed by atoms with Crippen LogP contribution in [0.1, 0.15) is 54.9 Å². The van der Waals surface area contributed by atoms with Crippen molar-refractivity contribution in [1.29, 1.82) is 0 Å². The molecule has 0 atom stereocenters. The van der Waals surface area contributed by atoms with Gasteiger partial charge in [-0.05, 0) is 37.0 Å². The van der Waals surface area contributed by atoms with E-state index in [-0.39, 0.29) is 11.5 Å². The summed E-state index contributed by atoms with van der Waals surface area (Å²) in [6, 6.07) is 6.86. The van der Waals surface area contributed by atoms with Gasteiger partial charge in [0.1, 0.15) is 5.82 Å². The predicted octanol–water partition coefficient (Wildman–Crippen LogP) is 3.64. The summed E-state index contributed by atoms with van der Waals surface area (Å²) < 4.78 is 1.51. The highest BCUT2D eigenvalue weighted by atomic mass is 16.2. The average Bonchev–Trinajstić information content (AvgIpc) is 2.64. The summed E-state index contributed by atoms with van der Waals surface area (Å²) in [5, 5.41) is 2.79. The first-order valence-corrected chi connectivity index (χ1v) is 9.12. The number of aryl methyl sites for hydroxylation is 1. The Kier molecular flexibility index (Phi) is 5.64. The molecule has 5 nitrogen and oxygen atoms in total. The van der Waals surface area contributed by atoms with Gasteiger partial charge >= 0.3 is 0 Å². The van der Waals surface area contributed by atoms with Crippen molar-refractivity contribution in [3.8, 4) is 0 Å². The van der Waals surface area contributed by atoms with E-state index in [2.05, 4.69) is 10.3 Å². The van der Waals surface area contributed by atoms with Gasteiger partial charge in [0.15, 0.2) is 0 Å². The molecule has 1 saturated carbocycles. The molecule has 0 saturated heterocycles. The van der Waals surface area contributed by atoms with E-state index in [0.717, 1.165) is 12.3 Å². The normalized spacial score (nSPS) is 15.1. The molecule has 2 aromatic heterocycles. The summed E-state index contributed by atoms with van der Waals surface area (Å²) in [6.45, 7) is 2.41. The monoisotopic (exact) mass is 339 g/mol. The summed E-state index contributed by atoms with van der Waals surface area (Å²) >= 11 is 0. The van der Waals surface area contributed by atoms with Gasteiger partial charge in [-0.3, -0.25) is 9.59 Å². The van der Waals surface area contributed by atoms with E-state index >= 15 is 0 Å². The molecule has 3 rings (SSSR count). The minimum Gasteiger partial charge on any atom is -0.315 e. The van der Waals surface area contributed by atoms with E-state index in [9.17, 15) is 9.59 Å². The second-order valence-electron chi connectivity index (χ2n) is 6.76. The molecule has 1 fully saturated rings. The third-order valence-corrected chi connectivity index (χ3v) is 4.90. The van der Waals surface area contributed by atoms with Gasteiger partial charge in [-0.25, -0.2) is 4.98 Å². The fraction of sp³-hybridized carbons (Fsp3) is 0.450. The molecular weight excluding hydrogens is 314 g/mol. The Morgan fingerprint density at radius 1 is 1.20 bits per heavy atom. The predicted molar refractivity (Wildman–Crippen MR) is 98.8 cm³/mol. The van der Waals surface area contributed by atoms with Crippen molar-refractivity contribution in [1.82, 2.24) is 9.55 Å². The van der Waals surface area contributed by atoms with Crippen LogP contribution in [0.4, 0.5) is 5.82 Å². The molecular formula is C20H25N3O2. The SMILES string of the molecule is CCn1cc(C(=O)Nc2ccc(CC3CCCCC3)cn2)ccc1=O. The smallest absolute Gasteiger partial charge is 0.258 e. The second kappa shape index (κ2) is 8.10. The number of nitrogens with zero attached hydrogens (tertiary/aromatic N) is 2. The minimum atomic E-state index is -0.255. The van der Waals surface area contributed by atoms with E-state index < -0.39 is 0 Å². The highest BCUT2D eigenvalue weighted by molar-refractivity contribution is 6.03. The van der Waals surface area contributed by atoms with Crippen LogP contribution < -0.4 is 10.9 Å². The van der Waals surface area contributed by atoms with Crippen molar-refractivity contribution in [2.24, 2.45) is 5.92 Å². The molecule has 0 aliphatic heterocycles. The van der Waals surface area contributed by atoms with Gasteiger partial charge in [0, 0.05) is 25.0 Å². The standard InChI is InChI=1S/C20H25N3O2/c1-2-23-14-17(9-11-19(23)24)20(25)22-18-10-8-16(13-21-18)12-15-6-4-3-5-7-15/h8-11,13-15H,2-7,12H2,1H3,(H,21,22,25). The molecule has 0 aromatic carbocycles. The minimum absolute atomic E-state index is 0.107. The zero-order valence-electron chi connectivity index (χ0n) is 14.7. The van der Waals surface area contributed by atoms with Gasteiger partial charge in [-0.1, -0.05) is 38.2 Å². The number of pyridine rings is 2. The number of nitrogens with one attached hydrogen (secondary N) is 1. The van der Waals surface area contributed by atoms with Crippen LogP contribution in [0.3, 0.4) is 0 Å². The lowest BCUT2D eigenvalue weighted by Crippen LogP contribution is -2.21. The Bertz CT molecular complexity index is 774. The summed E-state index contributed by atoms with van der Waals surface area (Å²) in [4.78, 5) is 28.3. The highest BCUT2D eigenvalue weighted by Crippen LogP contribution is 2.26.